The number of hydrogen-bond donors (Lipinski definition) is 2. The Morgan fingerprint density at radius 3 is 2.83 bits per heavy atom. The van der Waals surface area contributed by atoms with E-state index >= 15 is 0 Å². The van der Waals surface area contributed by atoms with Crippen molar-refractivity contribution in [3.8, 4) is 0 Å². The first-order chi connectivity index (χ1) is 14.0. The predicted molar refractivity (Wildman–Crippen MR) is 122 cm³/mol. The molecule has 4 heterocycles. The first-order valence-electron chi connectivity index (χ1n) is 8.95. The number of nitrogens with one attached hydrogen (secondary N) is 2. The summed E-state index contributed by atoms with van der Waals surface area (Å²) < 4.78 is 0.557. The lowest BCUT2D eigenvalue weighted by molar-refractivity contribution is 0.0954. The highest BCUT2D eigenvalue weighted by Crippen LogP contribution is 2.25. The molecule has 0 saturated heterocycles. The van der Waals surface area contributed by atoms with Crippen LogP contribution >= 0.6 is 46.7 Å². The summed E-state index contributed by atoms with van der Waals surface area (Å²) in [5.41, 5.74) is 1.71. The van der Waals surface area contributed by atoms with Gasteiger partial charge in [-0.3, -0.25) is 9.59 Å². The first kappa shape index (κ1) is 22.6. The molecule has 0 aromatic carbocycles. The second kappa shape index (κ2) is 9.84. The number of hydrogen-bond acceptors (Lipinski definition) is 7. The molecule has 3 aromatic rings. The van der Waals surface area contributed by atoms with E-state index in [9.17, 15) is 9.59 Å². The molecule has 30 heavy (non-hydrogen) atoms. The van der Waals surface area contributed by atoms with Gasteiger partial charge in [0.15, 0.2) is 5.01 Å². The largest absolute Gasteiger partial charge is 0.347 e. The molecule has 2 amide bonds. The van der Waals surface area contributed by atoms with E-state index < -0.39 is 0 Å². The molecule has 0 atom stereocenters. The quantitative estimate of drug-likeness (QED) is 0.575. The van der Waals surface area contributed by atoms with E-state index in [1.165, 1.54) is 22.7 Å². The number of amides is 2. The van der Waals surface area contributed by atoms with Crippen LogP contribution in [0.5, 0.6) is 0 Å². The lowest BCUT2D eigenvalue weighted by atomic mass is 10.2. The molecule has 1 aliphatic rings. The van der Waals surface area contributed by atoms with Gasteiger partial charge in [-0.25, -0.2) is 9.97 Å². The second-order valence-corrected chi connectivity index (χ2v) is 9.43. The topological polar surface area (TPSA) is 87.2 Å². The Balaban J connectivity index is 0.00000256. The molecule has 7 nitrogen and oxygen atoms in total. The molecule has 11 heteroatoms. The number of likely N-dealkylation sites (N-methyl/N-ethyl adjacent to an activating group) is 1. The molecule has 158 valence electrons. The van der Waals surface area contributed by atoms with Gasteiger partial charge in [0.25, 0.3) is 11.8 Å². The van der Waals surface area contributed by atoms with E-state index in [1.807, 2.05) is 6.07 Å². The van der Waals surface area contributed by atoms with Crippen molar-refractivity contribution in [1.82, 2.24) is 20.2 Å². The standard InChI is InChI=1S/C19H18ClN5O2S2.ClH/c1-25-8-6-12-14(10-25)29-19(23-12)18(27)24-16-11(3-2-7-21-16)9-22-17(26)13-4-5-15(20)28-13;/h2-5,7H,6,8-10H2,1H3,(H,22,26)(H,21,24,27);1H. The zero-order valence-corrected chi connectivity index (χ0v) is 19.2. The highest BCUT2D eigenvalue weighted by Gasteiger charge is 2.22. The minimum absolute atomic E-state index is 0. The second-order valence-electron chi connectivity index (χ2n) is 6.63. The monoisotopic (exact) mass is 483 g/mol. The van der Waals surface area contributed by atoms with Crippen molar-refractivity contribution in [2.45, 2.75) is 19.5 Å². The maximum absolute atomic E-state index is 12.7. The smallest absolute Gasteiger partial charge is 0.285 e. The Morgan fingerprint density at radius 1 is 1.23 bits per heavy atom. The number of carbonyl (C=O) groups excluding carboxylic acids is 2. The van der Waals surface area contributed by atoms with Crippen molar-refractivity contribution in [2.24, 2.45) is 0 Å². The number of rotatable bonds is 5. The van der Waals surface area contributed by atoms with Crippen LogP contribution in [0.3, 0.4) is 0 Å². The highest BCUT2D eigenvalue weighted by atomic mass is 35.5. The molecule has 0 spiro atoms. The van der Waals surface area contributed by atoms with Crippen molar-refractivity contribution in [3.63, 3.8) is 0 Å². The summed E-state index contributed by atoms with van der Waals surface area (Å²) in [6.45, 7) is 1.99. The number of nitrogens with zero attached hydrogens (tertiary/aromatic N) is 3. The van der Waals surface area contributed by atoms with Crippen LogP contribution in [-0.2, 0) is 19.5 Å². The zero-order chi connectivity index (χ0) is 20.4. The number of pyridine rings is 1. The van der Waals surface area contributed by atoms with Crippen LogP contribution in [0.1, 0.15) is 35.6 Å². The number of thiophene rings is 1. The van der Waals surface area contributed by atoms with Gasteiger partial charge < -0.3 is 15.5 Å². The van der Waals surface area contributed by atoms with Gasteiger partial charge >= 0.3 is 0 Å². The Labute approximate surface area is 192 Å². The summed E-state index contributed by atoms with van der Waals surface area (Å²) in [6.07, 6.45) is 2.45. The van der Waals surface area contributed by atoms with Crippen molar-refractivity contribution in [1.29, 1.82) is 0 Å². The van der Waals surface area contributed by atoms with Gasteiger partial charge in [0, 0.05) is 42.7 Å². The summed E-state index contributed by atoms with van der Waals surface area (Å²) in [4.78, 5) is 37.6. The summed E-state index contributed by atoms with van der Waals surface area (Å²) in [5, 5.41) is 6.09. The molecule has 0 unspecified atom stereocenters. The van der Waals surface area contributed by atoms with Gasteiger partial charge in [-0.05, 0) is 25.2 Å². The number of halogens is 2. The molecular formula is C19H19Cl2N5O2S2. The third kappa shape index (κ3) is 5.16. The van der Waals surface area contributed by atoms with Crippen LogP contribution < -0.4 is 10.6 Å². The van der Waals surface area contributed by atoms with Crippen LogP contribution in [0.15, 0.2) is 30.5 Å². The van der Waals surface area contributed by atoms with Gasteiger partial charge in [-0.2, -0.15) is 0 Å². The molecule has 0 bridgehead atoms. The minimum Gasteiger partial charge on any atom is -0.347 e. The zero-order valence-electron chi connectivity index (χ0n) is 16.0. The summed E-state index contributed by atoms with van der Waals surface area (Å²) in [7, 11) is 2.06. The van der Waals surface area contributed by atoms with E-state index in [0.717, 1.165) is 30.1 Å². The van der Waals surface area contributed by atoms with Crippen molar-refractivity contribution in [2.75, 3.05) is 18.9 Å². The van der Waals surface area contributed by atoms with E-state index in [1.54, 1.807) is 24.4 Å². The number of anilines is 1. The minimum atomic E-state index is -0.289. The van der Waals surface area contributed by atoms with Crippen LogP contribution in [0.2, 0.25) is 4.34 Å². The molecule has 0 fully saturated rings. The predicted octanol–water partition coefficient (Wildman–Crippen LogP) is 3.85. The van der Waals surface area contributed by atoms with Gasteiger partial charge in [0.05, 0.1) is 14.9 Å². The van der Waals surface area contributed by atoms with Crippen molar-refractivity contribution < 1.29 is 9.59 Å². The molecule has 0 aliphatic carbocycles. The highest BCUT2D eigenvalue weighted by molar-refractivity contribution is 7.18. The van der Waals surface area contributed by atoms with Gasteiger partial charge in [0.1, 0.15) is 5.82 Å². The number of fused-ring (bicyclic) bond motifs is 1. The fourth-order valence-corrected chi connectivity index (χ4v) is 5.02. The molecule has 0 saturated carbocycles. The third-order valence-electron chi connectivity index (χ3n) is 4.48. The summed E-state index contributed by atoms with van der Waals surface area (Å²) in [6, 6.07) is 6.93. The van der Waals surface area contributed by atoms with Crippen molar-refractivity contribution in [3.05, 3.63) is 60.8 Å². The number of aromatic nitrogens is 2. The van der Waals surface area contributed by atoms with E-state index in [-0.39, 0.29) is 30.8 Å². The van der Waals surface area contributed by atoms with Gasteiger partial charge in [-0.1, -0.05) is 17.7 Å². The SMILES string of the molecule is CN1CCc2nc(C(=O)Nc3ncccc3CNC(=O)c3ccc(Cl)s3)sc2C1.Cl. The lowest BCUT2D eigenvalue weighted by Crippen LogP contribution is -2.25. The van der Waals surface area contributed by atoms with Gasteiger partial charge in [-0.15, -0.1) is 35.1 Å². The van der Waals surface area contributed by atoms with E-state index in [0.29, 0.717) is 25.6 Å². The maximum Gasteiger partial charge on any atom is 0.285 e. The third-order valence-corrected chi connectivity index (χ3v) is 6.79. The van der Waals surface area contributed by atoms with Crippen LogP contribution in [0, 0.1) is 0 Å². The molecule has 2 N–H and O–H groups in total. The Bertz CT molecular complexity index is 1070. The van der Waals surface area contributed by atoms with Crippen LogP contribution in [-0.4, -0.2) is 40.3 Å². The maximum atomic E-state index is 12.7. The number of carbonyl (C=O) groups is 2. The fraction of sp³-hybridized carbons (Fsp3) is 0.263. The van der Waals surface area contributed by atoms with E-state index in [4.69, 9.17) is 11.6 Å². The fourth-order valence-electron chi connectivity index (χ4n) is 2.97. The average Bonchev–Trinajstić information content (AvgIpc) is 3.33. The summed E-state index contributed by atoms with van der Waals surface area (Å²) in [5.74, 6) is -0.101. The van der Waals surface area contributed by atoms with Crippen LogP contribution in [0.4, 0.5) is 5.82 Å². The lowest BCUT2D eigenvalue weighted by Gasteiger charge is -2.20. The van der Waals surface area contributed by atoms with Crippen molar-refractivity contribution >= 4 is 64.3 Å². The normalized spacial score (nSPS) is 13.3. The molecule has 1 aliphatic heterocycles. The summed E-state index contributed by atoms with van der Waals surface area (Å²) >= 11 is 8.51. The molecule has 3 aromatic heterocycles. The first-order valence-corrected chi connectivity index (χ1v) is 11.0. The number of thiazole rings is 1. The molecule has 0 radical (unpaired) electrons. The Hall–Kier alpha value is -2.04. The molecule has 4 rings (SSSR count). The van der Waals surface area contributed by atoms with Crippen LogP contribution in [0.25, 0.3) is 0 Å². The molecular weight excluding hydrogens is 465 g/mol. The average molecular weight is 484 g/mol. The Morgan fingerprint density at radius 2 is 2.07 bits per heavy atom. The Kier molecular flexibility index (Phi) is 7.43. The van der Waals surface area contributed by atoms with E-state index in [2.05, 4.69) is 32.5 Å². The van der Waals surface area contributed by atoms with Gasteiger partial charge in [0.2, 0.25) is 0 Å².